The number of nitrogens with one attached hydrogen (secondary N) is 2. The Morgan fingerprint density at radius 2 is 2.22 bits per heavy atom. The second-order valence-electron chi connectivity index (χ2n) is 3.63. The van der Waals surface area contributed by atoms with E-state index >= 15 is 0 Å². The van der Waals surface area contributed by atoms with E-state index in [1.807, 2.05) is 0 Å². The third kappa shape index (κ3) is 4.31. The summed E-state index contributed by atoms with van der Waals surface area (Å²) in [4.78, 5) is 21.3. The highest BCUT2D eigenvalue weighted by atomic mass is 35.5. The summed E-state index contributed by atoms with van der Waals surface area (Å²) < 4.78 is 0. The molecule has 0 fully saturated rings. The molecule has 1 rings (SSSR count). The van der Waals surface area contributed by atoms with E-state index in [9.17, 15) is 14.9 Å². The lowest BCUT2D eigenvalue weighted by molar-refractivity contribution is -0.385. The van der Waals surface area contributed by atoms with Crippen molar-refractivity contribution >= 4 is 23.2 Å². The lowest BCUT2D eigenvalue weighted by Crippen LogP contribution is -2.24. The Morgan fingerprint density at radius 3 is 2.83 bits per heavy atom. The highest BCUT2D eigenvalue weighted by molar-refractivity contribution is 6.30. The molecule has 0 unspecified atom stereocenters. The topological polar surface area (TPSA) is 84.3 Å². The molecular weight excluding hydrogens is 258 g/mol. The molecule has 1 aromatic carbocycles. The van der Waals surface area contributed by atoms with E-state index in [-0.39, 0.29) is 11.6 Å². The first-order valence-electron chi connectivity index (χ1n) is 5.38. The van der Waals surface area contributed by atoms with E-state index < -0.39 is 4.92 Å². The van der Waals surface area contributed by atoms with Crippen LogP contribution >= 0.6 is 11.6 Å². The molecule has 18 heavy (non-hydrogen) atoms. The fourth-order valence-electron chi connectivity index (χ4n) is 1.41. The van der Waals surface area contributed by atoms with E-state index in [1.165, 1.54) is 6.07 Å². The van der Waals surface area contributed by atoms with Crippen LogP contribution in [-0.4, -0.2) is 24.4 Å². The van der Waals surface area contributed by atoms with Gasteiger partial charge in [0.15, 0.2) is 0 Å². The van der Waals surface area contributed by atoms with Crippen molar-refractivity contribution in [3.8, 4) is 0 Å². The Kier molecular flexibility index (Phi) is 5.54. The number of nitrogens with zero attached hydrogens (tertiary/aromatic N) is 1. The summed E-state index contributed by atoms with van der Waals surface area (Å²) in [5, 5.41) is 16.6. The summed E-state index contributed by atoms with van der Waals surface area (Å²) in [6, 6.07) is 4.52. The van der Waals surface area contributed by atoms with Crippen LogP contribution in [0.15, 0.2) is 18.2 Å². The maximum Gasteiger partial charge on any atom is 0.275 e. The van der Waals surface area contributed by atoms with E-state index in [1.54, 1.807) is 19.2 Å². The Bertz CT molecular complexity index is 451. The summed E-state index contributed by atoms with van der Waals surface area (Å²) in [7, 11) is 1.56. The molecule has 98 valence electrons. The highest BCUT2D eigenvalue weighted by Crippen LogP contribution is 2.22. The summed E-state index contributed by atoms with van der Waals surface area (Å²) in [6.45, 7) is 0.782. The third-order valence-electron chi connectivity index (χ3n) is 2.37. The Morgan fingerprint density at radius 1 is 1.50 bits per heavy atom. The van der Waals surface area contributed by atoms with Crippen LogP contribution < -0.4 is 10.6 Å². The molecule has 1 amide bonds. The summed E-state index contributed by atoms with van der Waals surface area (Å²) in [5.41, 5.74) is 0.524. The molecule has 0 aliphatic heterocycles. The minimum atomic E-state index is -0.471. The lowest BCUT2D eigenvalue weighted by Gasteiger charge is -2.05. The van der Waals surface area contributed by atoms with E-state index in [0.717, 1.165) is 0 Å². The first-order valence-corrected chi connectivity index (χ1v) is 5.76. The maximum absolute atomic E-state index is 11.0. The highest BCUT2D eigenvalue weighted by Gasteiger charge is 2.13. The number of rotatable bonds is 6. The molecule has 0 aliphatic carbocycles. The smallest absolute Gasteiger partial charge is 0.275 e. The number of halogens is 1. The second kappa shape index (κ2) is 6.93. The first-order chi connectivity index (χ1) is 8.54. The zero-order valence-electron chi connectivity index (χ0n) is 9.90. The summed E-state index contributed by atoms with van der Waals surface area (Å²) >= 11 is 5.70. The molecule has 7 heteroatoms. The maximum atomic E-state index is 11.0. The van der Waals surface area contributed by atoms with Crippen molar-refractivity contribution in [1.82, 2.24) is 10.6 Å². The molecule has 2 N–H and O–H groups in total. The summed E-state index contributed by atoms with van der Waals surface area (Å²) in [5.74, 6) is -0.0758. The zero-order chi connectivity index (χ0) is 13.5. The minimum absolute atomic E-state index is 0.0186. The van der Waals surface area contributed by atoms with Gasteiger partial charge in [0, 0.05) is 43.2 Å². The lowest BCUT2D eigenvalue weighted by atomic mass is 10.2. The molecule has 0 atom stereocenters. The number of benzene rings is 1. The van der Waals surface area contributed by atoms with Gasteiger partial charge in [-0.05, 0) is 12.1 Å². The number of hydrogen-bond donors (Lipinski definition) is 2. The van der Waals surface area contributed by atoms with Gasteiger partial charge >= 0.3 is 0 Å². The normalized spacial score (nSPS) is 10.1. The first kappa shape index (κ1) is 14.4. The summed E-state index contributed by atoms with van der Waals surface area (Å²) in [6.07, 6.45) is 0.331. The van der Waals surface area contributed by atoms with Gasteiger partial charge in [0.1, 0.15) is 0 Å². The Labute approximate surface area is 109 Å². The SMILES string of the molecule is CNC(=O)CCNCc1ccc(Cl)cc1[N+](=O)[O-]. The quantitative estimate of drug-likeness (QED) is 0.466. The average Bonchev–Trinajstić information content (AvgIpc) is 2.35. The van der Waals surface area contributed by atoms with E-state index in [4.69, 9.17) is 11.6 Å². The van der Waals surface area contributed by atoms with Gasteiger partial charge in [-0.2, -0.15) is 0 Å². The van der Waals surface area contributed by atoms with Crippen LogP contribution in [0.3, 0.4) is 0 Å². The number of carbonyl (C=O) groups is 1. The standard InChI is InChI=1S/C11H14ClN3O3/c1-13-11(16)4-5-14-7-8-2-3-9(12)6-10(8)15(17)18/h2-3,6,14H,4-5,7H2,1H3,(H,13,16). The van der Waals surface area contributed by atoms with Crippen LogP contribution in [0.2, 0.25) is 5.02 Å². The number of carbonyl (C=O) groups excluding carboxylic acids is 1. The number of nitro groups is 1. The molecule has 0 spiro atoms. The molecule has 6 nitrogen and oxygen atoms in total. The van der Waals surface area contributed by atoms with Crippen LogP contribution in [0.1, 0.15) is 12.0 Å². The Balaban J connectivity index is 2.56. The molecule has 0 saturated heterocycles. The predicted octanol–water partition coefficient (Wildman–Crippen LogP) is 1.47. The molecule has 0 aromatic heterocycles. The fourth-order valence-corrected chi connectivity index (χ4v) is 1.57. The van der Waals surface area contributed by atoms with Gasteiger partial charge < -0.3 is 10.6 Å². The second-order valence-corrected chi connectivity index (χ2v) is 4.07. The van der Waals surface area contributed by atoms with Gasteiger partial charge in [0.25, 0.3) is 5.69 Å². The number of amides is 1. The molecule has 0 radical (unpaired) electrons. The number of nitro benzene ring substituents is 1. The van der Waals surface area contributed by atoms with Gasteiger partial charge in [-0.25, -0.2) is 0 Å². The van der Waals surface area contributed by atoms with Crippen LogP contribution in [0.5, 0.6) is 0 Å². The van der Waals surface area contributed by atoms with Crippen molar-refractivity contribution in [3.63, 3.8) is 0 Å². The monoisotopic (exact) mass is 271 g/mol. The molecule has 0 heterocycles. The predicted molar refractivity (Wildman–Crippen MR) is 68.5 cm³/mol. The van der Waals surface area contributed by atoms with Crippen molar-refractivity contribution < 1.29 is 9.72 Å². The molecule has 0 aliphatic rings. The van der Waals surface area contributed by atoms with Crippen molar-refractivity contribution in [3.05, 3.63) is 38.9 Å². The molecule has 0 bridgehead atoms. The van der Waals surface area contributed by atoms with Gasteiger partial charge in [0.2, 0.25) is 5.91 Å². The van der Waals surface area contributed by atoms with Crippen molar-refractivity contribution in [2.24, 2.45) is 0 Å². The third-order valence-corrected chi connectivity index (χ3v) is 2.60. The van der Waals surface area contributed by atoms with Gasteiger partial charge in [-0.15, -0.1) is 0 Å². The average molecular weight is 272 g/mol. The largest absolute Gasteiger partial charge is 0.359 e. The molecule has 1 aromatic rings. The van der Waals surface area contributed by atoms with Crippen LogP contribution in [-0.2, 0) is 11.3 Å². The van der Waals surface area contributed by atoms with Crippen molar-refractivity contribution in [2.75, 3.05) is 13.6 Å². The fraction of sp³-hybridized carbons (Fsp3) is 0.364. The van der Waals surface area contributed by atoms with Gasteiger partial charge in [-0.1, -0.05) is 11.6 Å². The van der Waals surface area contributed by atoms with E-state index in [0.29, 0.717) is 30.1 Å². The Hall–Kier alpha value is -1.66. The van der Waals surface area contributed by atoms with Crippen LogP contribution in [0.4, 0.5) is 5.69 Å². The van der Waals surface area contributed by atoms with Crippen molar-refractivity contribution in [2.45, 2.75) is 13.0 Å². The molecular formula is C11H14ClN3O3. The van der Waals surface area contributed by atoms with Crippen LogP contribution in [0, 0.1) is 10.1 Å². The van der Waals surface area contributed by atoms with Gasteiger partial charge in [-0.3, -0.25) is 14.9 Å². The zero-order valence-corrected chi connectivity index (χ0v) is 10.7. The van der Waals surface area contributed by atoms with Crippen molar-refractivity contribution in [1.29, 1.82) is 0 Å². The molecule has 0 saturated carbocycles. The van der Waals surface area contributed by atoms with Gasteiger partial charge in [0.05, 0.1) is 4.92 Å². The van der Waals surface area contributed by atoms with E-state index in [2.05, 4.69) is 10.6 Å². The van der Waals surface area contributed by atoms with Crippen LogP contribution in [0.25, 0.3) is 0 Å². The number of hydrogen-bond acceptors (Lipinski definition) is 4. The minimum Gasteiger partial charge on any atom is -0.359 e.